The van der Waals surface area contributed by atoms with Gasteiger partial charge in [0.1, 0.15) is 20.5 Å². The van der Waals surface area contributed by atoms with E-state index in [2.05, 4.69) is 76.2 Å². The minimum atomic E-state index is -0.221. The molecule has 0 aromatic carbocycles. The summed E-state index contributed by atoms with van der Waals surface area (Å²) in [6, 6.07) is 0. The summed E-state index contributed by atoms with van der Waals surface area (Å²) in [6.07, 6.45) is 6.51. The number of rotatable bonds is 1. The fraction of sp³-hybridized carbons (Fsp3) is 0.750. The number of aryl methyl sites for hydroxylation is 1. The minimum absolute atomic E-state index is 0.221. The van der Waals surface area contributed by atoms with Crippen LogP contribution in [0.15, 0.2) is 18.7 Å². The predicted octanol–water partition coefficient (Wildman–Crippen LogP) is 3.15. The van der Waals surface area contributed by atoms with Crippen molar-refractivity contribution in [1.82, 2.24) is 4.34 Å². The standard InChI is InChI=1S/C12H24N2P/c1-11(2,3)15(12(4,5)6)14-9-8-13(7)10-14/h8-10H,1-7H3/q+1. The lowest BCUT2D eigenvalue weighted by Crippen LogP contribution is -2.30. The lowest BCUT2D eigenvalue weighted by atomic mass is 10.2. The maximum Gasteiger partial charge on any atom is 0.245 e. The second-order valence-corrected chi connectivity index (χ2v) is 9.88. The van der Waals surface area contributed by atoms with Gasteiger partial charge in [0.25, 0.3) is 0 Å². The van der Waals surface area contributed by atoms with Crippen LogP contribution >= 0.6 is 8.07 Å². The van der Waals surface area contributed by atoms with Gasteiger partial charge in [-0.15, -0.1) is 0 Å². The number of imidazole rings is 1. The Morgan fingerprint density at radius 3 is 1.73 bits per heavy atom. The molecule has 0 saturated carbocycles. The van der Waals surface area contributed by atoms with Crippen LogP contribution in [-0.2, 0) is 7.05 Å². The van der Waals surface area contributed by atoms with E-state index in [9.17, 15) is 0 Å². The van der Waals surface area contributed by atoms with Crippen LogP contribution in [0.25, 0.3) is 0 Å². The zero-order valence-corrected chi connectivity index (χ0v) is 12.0. The predicted molar refractivity (Wildman–Crippen MR) is 67.4 cm³/mol. The van der Waals surface area contributed by atoms with Gasteiger partial charge in [-0.05, 0) is 0 Å². The molecule has 0 aliphatic rings. The number of hydrogen-bond donors (Lipinski definition) is 0. The first-order chi connectivity index (χ1) is 6.62. The third-order valence-corrected chi connectivity index (χ3v) is 5.50. The summed E-state index contributed by atoms with van der Waals surface area (Å²) in [4.78, 5) is 0. The van der Waals surface area contributed by atoms with Crippen molar-refractivity contribution in [2.45, 2.75) is 51.9 Å². The van der Waals surface area contributed by atoms with E-state index in [4.69, 9.17) is 0 Å². The largest absolute Gasteiger partial charge is 0.245 e. The molecule has 0 aliphatic carbocycles. The second kappa shape index (κ2) is 3.90. The Hall–Kier alpha value is -0.360. The molecular formula is C12H24N2P+. The molecule has 1 heterocycles. The van der Waals surface area contributed by atoms with Crippen molar-refractivity contribution < 1.29 is 4.57 Å². The lowest BCUT2D eigenvalue weighted by molar-refractivity contribution is -0.670. The molecule has 0 spiro atoms. The summed E-state index contributed by atoms with van der Waals surface area (Å²) in [6.45, 7) is 14.0. The normalized spacial score (nSPS) is 13.6. The van der Waals surface area contributed by atoms with Crippen LogP contribution in [0.4, 0.5) is 0 Å². The molecule has 86 valence electrons. The molecule has 0 amide bonds. The Morgan fingerprint density at radius 1 is 1.00 bits per heavy atom. The van der Waals surface area contributed by atoms with E-state index < -0.39 is 0 Å². The SMILES string of the molecule is C[n+]1ccn(P(C(C)(C)C)C(C)(C)C)c1. The summed E-state index contributed by atoms with van der Waals surface area (Å²) in [7, 11) is 1.86. The first-order valence-electron chi connectivity index (χ1n) is 5.46. The number of aromatic nitrogens is 2. The highest BCUT2D eigenvalue weighted by Crippen LogP contribution is 2.59. The van der Waals surface area contributed by atoms with E-state index in [1.807, 2.05) is 0 Å². The molecule has 0 aliphatic heterocycles. The van der Waals surface area contributed by atoms with Gasteiger partial charge in [0, 0.05) is 10.3 Å². The molecule has 3 heteroatoms. The van der Waals surface area contributed by atoms with Crippen LogP contribution in [0.3, 0.4) is 0 Å². The van der Waals surface area contributed by atoms with E-state index in [0.717, 1.165) is 0 Å². The lowest BCUT2D eigenvalue weighted by Gasteiger charge is -2.36. The first-order valence-corrected chi connectivity index (χ1v) is 6.75. The minimum Gasteiger partial charge on any atom is -0.239 e. The molecule has 0 saturated heterocycles. The fourth-order valence-corrected chi connectivity index (χ4v) is 6.11. The molecule has 0 bridgehead atoms. The highest BCUT2D eigenvalue weighted by atomic mass is 31.1. The molecule has 0 N–H and O–H groups in total. The maximum absolute atomic E-state index is 2.40. The zero-order chi connectivity index (χ0) is 11.9. The summed E-state index contributed by atoms with van der Waals surface area (Å²) >= 11 is 0. The van der Waals surface area contributed by atoms with Crippen LogP contribution in [-0.4, -0.2) is 14.6 Å². The van der Waals surface area contributed by atoms with Gasteiger partial charge in [0.05, 0.1) is 7.05 Å². The van der Waals surface area contributed by atoms with E-state index in [1.165, 1.54) is 0 Å². The van der Waals surface area contributed by atoms with E-state index in [0.29, 0.717) is 10.3 Å². The number of hydrogen-bond acceptors (Lipinski definition) is 0. The van der Waals surface area contributed by atoms with Gasteiger partial charge >= 0.3 is 0 Å². The van der Waals surface area contributed by atoms with Crippen molar-refractivity contribution in [3.8, 4) is 0 Å². The van der Waals surface area contributed by atoms with E-state index in [-0.39, 0.29) is 8.07 Å². The first kappa shape index (κ1) is 12.7. The van der Waals surface area contributed by atoms with E-state index >= 15 is 0 Å². The van der Waals surface area contributed by atoms with Crippen molar-refractivity contribution in [2.24, 2.45) is 7.05 Å². The molecule has 0 radical (unpaired) electrons. The van der Waals surface area contributed by atoms with Crippen LogP contribution < -0.4 is 4.57 Å². The summed E-state index contributed by atoms with van der Waals surface area (Å²) in [5.41, 5.74) is 0. The van der Waals surface area contributed by atoms with Crippen molar-refractivity contribution in [2.75, 3.05) is 0 Å². The average Bonchev–Trinajstić information content (AvgIpc) is 2.28. The molecule has 1 rings (SSSR count). The van der Waals surface area contributed by atoms with Gasteiger partial charge in [-0.25, -0.2) is 8.90 Å². The quantitative estimate of drug-likeness (QED) is 0.515. The summed E-state index contributed by atoms with van der Waals surface area (Å²) < 4.78 is 4.52. The van der Waals surface area contributed by atoms with Crippen LogP contribution in [0, 0.1) is 0 Å². The van der Waals surface area contributed by atoms with Gasteiger partial charge in [-0.1, -0.05) is 41.5 Å². The third kappa shape index (κ3) is 3.04. The zero-order valence-electron chi connectivity index (χ0n) is 11.1. The molecule has 0 atom stereocenters. The van der Waals surface area contributed by atoms with Gasteiger partial charge in [0.2, 0.25) is 6.33 Å². The van der Waals surface area contributed by atoms with Crippen molar-refractivity contribution in [3.05, 3.63) is 18.7 Å². The van der Waals surface area contributed by atoms with Crippen molar-refractivity contribution in [1.29, 1.82) is 0 Å². The van der Waals surface area contributed by atoms with Crippen molar-refractivity contribution in [3.63, 3.8) is 0 Å². The average molecular weight is 227 g/mol. The molecule has 15 heavy (non-hydrogen) atoms. The Bertz CT molecular complexity index is 314. The molecule has 1 aromatic rings. The fourth-order valence-electron chi connectivity index (χ4n) is 2.25. The van der Waals surface area contributed by atoms with Gasteiger partial charge in [-0.3, -0.25) is 0 Å². The van der Waals surface area contributed by atoms with Gasteiger partial charge in [-0.2, -0.15) is 0 Å². The number of nitrogens with zero attached hydrogens (tertiary/aromatic N) is 2. The van der Waals surface area contributed by atoms with Gasteiger partial charge < -0.3 is 0 Å². The maximum atomic E-state index is 2.40. The topological polar surface area (TPSA) is 8.81 Å². The van der Waals surface area contributed by atoms with Crippen LogP contribution in [0.2, 0.25) is 0 Å². The Labute approximate surface area is 95.1 Å². The Morgan fingerprint density at radius 2 is 1.47 bits per heavy atom. The van der Waals surface area contributed by atoms with Crippen LogP contribution in [0.1, 0.15) is 41.5 Å². The molecule has 0 unspecified atom stereocenters. The highest BCUT2D eigenvalue weighted by molar-refractivity contribution is 7.59. The molecule has 1 aromatic heterocycles. The molecule has 0 fully saturated rings. The Kier molecular flexibility index (Phi) is 3.30. The molecule has 2 nitrogen and oxygen atoms in total. The monoisotopic (exact) mass is 227 g/mol. The van der Waals surface area contributed by atoms with Gasteiger partial charge in [0.15, 0.2) is 0 Å². The van der Waals surface area contributed by atoms with E-state index in [1.54, 1.807) is 0 Å². The summed E-state index contributed by atoms with van der Waals surface area (Å²) in [5, 5.41) is 0.666. The second-order valence-electron chi connectivity index (χ2n) is 6.11. The third-order valence-electron chi connectivity index (χ3n) is 2.26. The van der Waals surface area contributed by atoms with Crippen molar-refractivity contribution >= 4 is 8.07 Å². The summed E-state index contributed by atoms with van der Waals surface area (Å²) in [5.74, 6) is 0. The highest BCUT2D eigenvalue weighted by Gasteiger charge is 2.40. The molecular weight excluding hydrogens is 203 g/mol. The van der Waals surface area contributed by atoms with Crippen LogP contribution in [0.5, 0.6) is 0 Å². The Balaban J connectivity index is 3.14. The smallest absolute Gasteiger partial charge is 0.239 e.